The molecule has 5 heteroatoms. The summed E-state index contributed by atoms with van der Waals surface area (Å²) < 4.78 is 0. The Hall–Kier alpha value is -3.05. The molecule has 2 fully saturated rings. The number of pyridine rings is 1. The molecule has 5 rings (SSSR count). The summed E-state index contributed by atoms with van der Waals surface area (Å²) in [6, 6.07) is 24.0. The summed E-state index contributed by atoms with van der Waals surface area (Å²) in [5.74, 6) is 0.752. The van der Waals surface area contributed by atoms with Crippen LogP contribution in [0.2, 0.25) is 0 Å². The number of benzene rings is 2. The summed E-state index contributed by atoms with van der Waals surface area (Å²) in [6.07, 6.45) is 8.76. The van der Waals surface area contributed by atoms with E-state index >= 15 is 0 Å². The van der Waals surface area contributed by atoms with Gasteiger partial charge in [-0.15, -0.1) is 5.11 Å². The van der Waals surface area contributed by atoms with Crippen LogP contribution in [0.25, 0.3) is 0 Å². The Labute approximate surface area is 190 Å². The van der Waals surface area contributed by atoms with Crippen LogP contribution in [-0.2, 0) is 0 Å². The molecule has 1 aromatic heterocycles. The predicted molar refractivity (Wildman–Crippen MR) is 130 cm³/mol. The standard InChI is InChI=1S/C27H31N5/c1-2-5-22(6-3-1)23-8-12-26(13-9-23)31-17-19-32(20-18-31)27-14-10-24(11-15-27)29-30-25-7-4-16-28-21-25/h1-7,10-11,14-16,21,23,26H,8-9,12-13,17-20H2. The van der Waals surface area contributed by atoms with Crippen molar-refractivity contribution in [2.24, 2.45) is 10.2 Å². The number of azo groups is 1. The van der Waals surface area contributed by atoms with E-state index in [4.69, 9.17) is 0 Å². The molecular formula is C27H31N5. The largest absolute Gasteiger partial charge is 0.369 e. The topological polar surface area (TPSA) is 44.1 Å². The van der Waals surface area contributed by atoms with Gasteiger partial charge < -0.3 is 4.90 Å². The van der Waals surface area contributed by atoms with Crippen molar-refractivity contribution in [3.63, 3.8) is 0 Å². The van der Waals surface area contributed by atoms with E-state index in [0.717, 1.165) is 49.5 Å². The minimum Gasteiger partial charge on any atom is -0.369 e. The average molecular weight is 426 g/mol. The number of hydrogen-bond donors (Lipinski definition) is 0. The molecule has 0 unspecified atom stereocenters. The molecular weight excluding hydrogens is 394 g/mol. The van der Waals surface area contributed by atoms with E-state index < -0.39 is 0 Å². The zero-order valence-corrected chi connectivity index (χ0v) is 18.6. The van der Waals surface area contributed by atoms with E-state index in [0.29, 0.717) is 0 Å². The molecule has 1 saturated carbocycles. The van der Waals surface area contributed by atoms with Gasteiger partial charge in [-0.3, -0.25) is 9.88 Å². The lowest BCUT2D eigenvalue weighted by atomic mass is 9.81. The van der Waals surface area contributed by atoms with Gasteiger partial charge in [0.2, 0.25) is 0 Å². The Kier molecular flexibility index (Phi) is 6.54. The van der Waals surface area contributed by atoms with Gasteiger partial charge in [0.05, 0.1) is 11.9 Å². The normalized spacial score (nSPS) is 22.3. The number of hydrogen-bond acceptors (Lipinski definition) is 5. The Morgan fingerprint density at radius 3 is 2.09 bits per heavy atom. The van der Waals surface area contributed by atoms with E-state index in [9.17, 15) is 0 Å². The lowest BCUT2D eigenvalue weighted by Crippen LogP contribution is -2.51. The Morgan fingerprint density at radius 1 is 0.688 bits per heavy atom. The zero-order valence-electron chi connectivity index (χ0n) is 18.6. The molecule has 1 aliphatic carbocycles. The highest BCUT2D eigenvalue weighted by Crippen LogP contribution is 2.35. The molecule has 3 aromatic rings. The molecule has 0 bridgehead atoms. The van der Waals surface area contributed by atoms with Crippen LogP contribution in [0.3, 0.4) is 0 Å². The molecule has 32 heavy (non-hydrogen) atoms. The van der Waals surface area contributed by atoms with Crippen LogP contribution in [0.4, 0.5) is 17.1 Å². The third kappa shape index (κ3) is 5.05. The fourth-order valence-corrected chi connectivity index (χ4v) is 5.10. The minimum atomic E-state index is 0.752. The van der Waals surface area contributed by atoms with Crippen molar-refractivity contribution in [2.45, 2.75) is 37.6 Å². The van der Waals surface area contributed by atoms with Gasteiger partial charge in [-0.25, -0.2) is 0 Å². The van der Waals surface area contributed by atoms with Crippen LogP contribution >= 0.6 is 0 Å². The van der Waals surface area contributed by atoms with Gasteiger partial charge >= 0.3 is 0 Å². The van der Waals surface area contributed by atoms with Gasteiger partial charge in [-0.2, -0.15) is 5.11 Å². The van der Waals surface area contributed by atoms with Crippen LogP contribution < -0.4 is 4.90 Å². The van der Waals surface area contributed by atoms with Crippen molar-refractivity contribution in [1.29, 1.82) is 0 Å². The first-order valence-electron chi connectivity index (χ1n) is 11.8. The third-order valence-electron chi connectivity index (χ3n) is 6.94. The van der Waals surface area contributed by atoms with Crippen molar-refractivity contribution >= 4 is 17.1 Å². The van der Waals surface area contributed by atoms with Crippen LogP contribution in [0.15, 0.2) is 89.4 Å². The lowest BCUT2D eigenvalue weighted by molar-refractivity contribution is 0.141. The highest BCUT2D eigenvalue weighted by Gasteiger charge is 2.28. The van der Waals surface area contributed by atoms with Crippen LogP contribution in [0, 0.1) is 0 Å². The summed E-state index contributed by atoms with van der Waals surface area (Å²) in [5, 5.41) is 8.57. The number of piperazine rings is 1. The molecule has 0 N–H and O–H groups in total. The fourth-order valence-electron chi connectivity index (χ4n) is 5.10. The first-order chi connectivity index (χ1) is 15.8. The van der Waals surface area contributed by atoms with Gasteiger partial charge in [-0.05, 0) is 73.6 Å². The van der Waals surface area contributed by atoms with Gasteiger partial charge in [-0.1, -0.05) is 30.3 Å². The van der Waals surface area contributed by atoms with Crippen LogP contribution in [0.5, 0.6) is 0 Å². The van der Waals surface area contributed by atoms with Crippen molar-refractivity contribution < 1.29 is 0 Å². The monoisotopic (exact) mass is 425 g/mol. The van der Waals surface area contributed by atoms with Gasteiger partial charge in [0.1, 0.15) is 5.69 Å². The predicted octanol–water partition coefficient (Wildman–Crippen LogP) is 6.35. The summed E-state index contributed by atoms with van der Waals surface area (Å²) in [6.45, 7) is 4.50. The minimum absolute atomic E-state index is 0.752. The summed E-state index contributed by atoms with van der Waals surface area (Å²) in [4.78, 5) is 9.29. The first-order valence-corrected chi connectivity index (χ1v) is 11.8. The Bertz CT molecular complexity index is 987. The second-order valence-corrected chi connectivity index (χ2v) is 8.87. The van der Waals surface area contributed by atoms with Crippen molar-refractivity contribution in [3.05, 3.63) is 84.7 Å². The fraction of sp³-hybridized carbons (Fsp3) is 0.370. The molecule has 2 heterocycles. The average Bonchev–Trinajstić information content (AvgIpc) is 2.89. The molecule has 2 aromatic carbocycles. The SMILES string of the molecule is c1ccc(C2CCC(N3CCN(c4ccc(N=Nc5cccnc5)cc4)CC3)CC2)cc1. The van der Waals surface area contributed by atoms with Crippen molar-refractivity contribution in [2.75, 3.05) is 31.1 Å². The van der Waals surface area contributed by atoms with E-state index in [1.54, 1.807) is 12.4 Å². The third-order valence-corrected chi connectivity index (χ3v) is 6.94. The van der Waals surface area contributed by atoms with E-state index in [1.807, 2.05) is 24.3 Å². The van der Waals surface area contributed by atoms with Crippen LogP contribution in [-0.4, -0.2) is 42.1 Å². The summed E-state index contributed by atoms with van der Waals surface area (Å²) >= 11 is 0. The lowest BCUT2D eigenvalue weighted by Gasteiger charge is -2.42. The van der Waals surface area contributed by atoms with Crippen molar-refractivity contribution in [1.82, 2.24) is 9.88 Å². The molecule has 0 radical (unpaired) electrons. The summed E-state index contributed by atoms with van der Waals surface area (Å²) in [7, 11) is 0. The molecule has 0 amide bonds. The molecule has 164 valence electrons. The molecule has 1 saturated heterocycles. The van der Waals surface area contributed by atoms with E-state index in [1.165, 1.54) is 36.9 Å². The molecule has 5 nitrogen and oxygen atoms in total. The highest BCUT2D eigenvalue weighted by atomic mass is 15.3. The first kappa shape index (κ1) is 20.8. The van der Waals surface area contributed by atoms with Crippen LogP contribution in [0.1, 0.15) is 37.2 Å². The molecule has 2 aliphatic rings. The number of aromatic nitrogens is 1. The Morgan fingerprint density at radius 2 is 1.41 bits per heavy atom. The zero-order chi connectivity index (χ0) is 21.6. The van der Waals surface area contributed by atoms with Gasteiger partial charge in [0.15, 0.2) is 0 Å². The smallest absolute Gasteiger partial charge is 0.104 e. The van der Waals surface area contributed by atoms with E-state index in [-0.39, 0.29) is 0 Å². The molecule has 0 spiro atoms. The molecule has 1 aliphatic heterocycles. The maximum Gasteiger partial charge on any atom is 0.104 e. The second-order valence-electron chi connectivity index (χ2n) is 8.87. The quantitative estimate of drug-likeness (QED) is 0.448. The highest BCUT2D eigenvalue weighted by molar-refractivity contribution is 5.53. The van der Waals surface area contributed by atoms with Gasteiger partial charge in [0.25, 0.3) is 0 Å². The second kappa shape index (κ2) is 10.0. The van der Waals surface area contributed by atoms with E-state index in [2.05, 4.69) is 67.5 Å². The Balaban J connectivity index is 1.11. The number of anilines is 1. The maximum atomic E-state index is 4.32. The summed E-state index contributed by atoms with van der Waals surface area (Å²) in [5.41, 5.74) is 4.44. The number of nitrogens with zero attached hydrogens (tertiary/aromatic N) is 5. The number of rotatable bonds is 5. The van der Waals surface area contributed by atoms with Gasteiger partial charge in [0, 0.05) is 44.1 Å². The van der Waals surface area contributed by atoms with Crippen molar-refractivity contribution in [3.8, 4) is 0 Å². The maximum absolute atomic E-state index is 4.32. The molecule has 0 atom stereocenters.